The lowest BCUT2D eigenvalue weighted by Crippen LogP contribution is -2.66. The normalized spacial score (nSPS) is 21.8. The monoisotopic (exact) mass is 597 g/mol. The fourth-order valence-electron chi connectivity index (χ4n) is 7.85. The molecule has 0 atom stereocenters. The number of H-pyrrole nitrogens is 1. The second-order valence-electron chi connectivity index (χ2n) is 12.6. The molecule has 0 unspecified atom stereocenters. The molecule has 9 nitrogen and oxygen atoms in total. The Kier molecular flexibility index (Phi) is 6.65. The summed E-state index contributed by atoms with van der Waals surface area (Å²) in [5, 5.41) is 14.8. The van der Waals surface area contributed by atoms with Crippen LogP contribution in [0.1, 0.15) is 43.8 Å². The van der Waals surface area contributed by atoms with Crippen LogP contribution in [0, 0.1) is 12.3 Å². The number of hydrogen-bond donors (Lipinski definition) is 1. The number of carbonyl (C=O) groups is 1. The van der Waals surface area contributed by atoms with E-state index in [2.05, 4.69) is 38.2 Å². The third kappa shape index (κ3) is 4.22. The number of aromatic nitrogens is 4. The molecule has 7 rings (SSSR count). The zero-order chi connectivity index (χ0) is 28.5. The summed E-state index contributed by atoms with van der Waals surface area (Å²) < 4.78 is 7.63. The van der Waals surface area contributed by atoms with E-state index in [0.717, 1.165) is 105 Å². The standard InChI is InChI=1S/C30H37Cl2N7O2/c1-4-24(40)37-16-29(17-37)13-20(14-29)39-19(2)25(26-21-15-33-34-23(21)12-22(31)27(26)32)28(35-39)38-9-8-36(10-11-41-3)18-30(38)6-5-7-30/h4,12,15,20H,1,5-11,13-14,16-18H2,2-3H3,(H,33,34). The lowest BCUT2D eigenvalue weighted by atomic mass is 9.60. The van der Waals surface area contributed by atoms with Crippen molar-refractivity contribution in [2.75, 3.05) is 57.9 Å². The number of anilines is 1. The van der Waals surface area contributed by atoms with Crippen molar-refractivity contribution in [2.45, 2.75) is 50.6 Å². The lowest BCUT2D eigenvalue weighted by molar-refractivity contribution is -0.149. The molecule has 0 radical (unpaired) electrons. The van der Waals surface area contributed by atoms with Crippen molar-refractivity contribution in [3.8, 4) is 11.1 Å². The van der Waals surface area contributed by atoms with Crippen LogP contribution in [0.25, 0.3) is 22.0 Å². The maximum absolute atomic E-state index is 12.1. The molecule has 4 aliphatic rings. The highest BCUT2D eigenvalue weighted by Crippen LogP contribution is 2.56. The molecule has 0 bridgehead atoms. The number of rotatable bonds is 7. The number of ether oxygens (including phenoxy) is 1. The molecule has 2 aliphatic carbocycles. The van der Waals surface area contributed by atoms with Gasteiger partial charge in [0.2, 0.25) is 5.91 Å². The first-order chi connectivity index (χ1) is 19.8. The summed E-state index contributed by atoms with van der Waals surface area (Å²) in [7, 11) is 1.77. The number of nitrogens with one attached hydrogen (secondary N) is 1. The summed E-state index contributed by atoms with van der Waals surface area (Å²) in [6, 6.07) is 2.13. The van der Waals surface area contributed by atoms with Crippen molar-refractivity contribution in [2.24, 2.45) is 5.41 Å². The largest absolute Gasteiger partial charge is 0.383 e. The molecule has 2 spiro atoms. The van der Waals surface area contributed by atoms with Gasteiger partial charge in [-0.05, 0) is 51.2 Å². The van der Waals surface area contributed by atoms with E-state index in [4.69, 9.17) is 33.0 Å². The van der Waals surface area contributed by atoms with Crippen LogP contribution in [0.4, 0.5) is 5.82 Å². The molecule has 41 heavy (non-hydrogen) atoms. The zero-order valence-electron chi connectivity index (χ0n) is 23.8. The van der Waals surface area contributed by atoms with Gasteiger partial charge in [-0.15, -0.1) is 0 Å². The number of hydrogen-bond acceptors (Lipinski definition) is 6. The topological polar surface area (TPSA) is 82.5 Å². The van der Waals surface area contributed by atoms with Gasteiger partial charge in [-0.2, -0.15) is 10.2 Å². The molecule has 2 aromatic heterocycles. The van der Waals surface area contributed by atoms with Crippen LogP contribution in [0.3, 0.4) is 0 Å². The van der Waals surface area contributed by atoms with Crippen LogP contribution in [-0.2, 0) is 9.53 Å². The molecular formula is C30H37Cl2N7O2. The number of halogens is 2. The van der Waals surface area contributed by atoms with Crippen LogP contribution in [0.2, 0.25) is 10.0 Å². The summed E-state index contributed by atoms with van der Waals surface area (Å²) in [6.07, 6.45) is 8.78. The summed E-state index contributed by atoms with van der Waals surface area (Å²) in [4.78, 5) is 19.1. The number of methoxy groups -OCH3 is 1. The highest BCUT2D eigenvalue weighted by atomic mass is 35.5. The Balaban J connectivity index is 1.29. The van der Waals surface area contributed by atoms with Gasteiger partial charge in [-0.3, -0.25) is 19.5 Å². The second-order valence-corrected chi connectivity index (χ2v) is 13.4. The molecule has 3 aromatic rings. The zero-order valence-corrected chi connectivity index (χ0v) is 25.3. The molecule has 1 N–H and O–H groups in total. The van der Waals surface area contributed by atoms with E-state index >= 15 is 0 Å². The predicted octanol–water partition coefficient (Wildman–Crippen LogP) is 5.08. The van der Waals surface area contributed by atoms with Gasteiger partial charge in [-0.25, -0.2) is 0 Å². The molecule has 4 heterocycles. The fourth-order valence-corrected chi connectivity index (χ4v) is 8.31. The van der Waals surface area contributed by atoms with Gasteiger partial charge >= 0.3 is 0 Å². The first-order valence-corrected chi connectivity index (χ1v) is 15.3. The molecule has 4 fully saturated rings. The minimum Gasteiger partial charge on any atom is -0.383 e. The van der Waals surface area contributed by atoms with Crippen LogP contribution >= 0.6 is 23.2 Å². The Morgan fingerprint density at radius 2 is 2.00 bits per heavy atom. The van der Waals surface area contributed by atoms with Crippen molar-refractivity contribution in [3.05, 3.63) is 40.7 Å². The van der Waals surface area contributed by atoms with Crippen LogP contribution in [0.5, 0.6) is 0 Å². The van der Waals surface area contributed by atoms with E-state index in [1.807, 2.05) is 17.2 Å². The van der Waals surface area contributed by atoms with Crippen molar-refractivity contribution >= 4 is 45.8 Å². The minimum absolute atomic E-state index is 0.0223. The Morgan fingerprint density at radius 1 is 1.22 bits per heavy atom. The number of piperazine rings is 1. The molecule has 1 aromatic carbocycles. The maximum atomic E-state index is 12.1. The quantitative estimate of drug-likeness (QED) is 0.382. The van der Waals surface area contributed by atoms with Crippen molar-refractivity contribution < 1.29 is 9.53 Å². The maximum Gasteiger partial charge on any atom is 0.245 e. The van der Waals surface area contributed by atoms with Crippen molar-refractivity contribution in [1.29, 1.82) is 0 Å². The van der Waals surface area contributed by atoms with E-state index in [1.165, 1.54) is 12.5 Å². The van der Waals surface area contributed by atoms with Crippen LogP contribution in [-0.4, -0.2) is 94.2 Å². The summed E-state index contributed by atoms with van der Waals surface area (Å²) in [5.74, 6) is 1.02. The van der Waals surface area contributed by atoms with E-state index in [0.29, 0.717) is 10.0 Å². The van der Waals surface area contributed by atoms with E-state index < -0.39 is 0 Å². The Labute approximate surface area is 250 Å². The van der Waals surface area contributed by atoms with Gasteiger partial charge < -0.3 is 14.5 Å². The summed E-state index contributed by atoms with van der Waals surface area (Å²) >= 11 is 13.7. The number of nitrogens with zero attached hydrogens (tertiary/aromatic N) is 6. The molecular weight excluding hydrogens is 561 g/mol. The second kappa shape index (κ2) is 10.0. The van der Waals surface area contributed by atoms with Gasteiger partial charge in [0.1, 0.15) is 0 Å². The molecule has 218 valence electrons. The summed E-state index contributed by atoms with van der Waals surface area (Å²) in [5.41, 5.74) is 4.15. The molecule has 2 aliphatic heterocycles. The number of benzene rings is 1. The number of carbonyl (C=O) groups excluding carboxylic acids is 1. The molecule has 11 heteroatoms. The van der Waals surface area contributed by atoms with E-state index in [-0.39, 0.29) is 22.9 Å². The highest BCUT2D eigenvalue weighted by Gasteiger charge is 2.55. The van der Waals surface area contributed by atoms with Gasteiger partial charge in [0.05, 0.1) is 39.9 Å². The number of fused-ring (bicyclic) bond motifs is 1. The van der Waals surface area contributed by atoms with Gasteiger partial charge in [0, 0.05) is 74.0 Å². The first kappa shape index (κ1) is 27.3. The van der Waals surface area contributed by atoms with E-state index in [1.54, 1.807) is 7.11 Å². The minimum atomic E-state index is 0.0223. The average molecular weight is 599 g/mol. The van der Waals surface area contributed by atoms with Crippen molar-refractivity contribution in [1.82, 2.24) is 29.8 Å². The van der Waals surface area contributed by atoms with Crippen LogP contribution in [0.15, 0.2) is 24.9 Å². The summed E-state index contributed by atoms with van der Waals surface area (Å²) in [6.45, 7) is 12.0. The Bertz CT molecular complexity index is 1510. The number of likely N-dealkylation sites (tertiary alicyclic amines) is 1. The highest BCUT2D eigenvalue weighted by molar-refractivity contribution is 6.45. The molecule has 1 amide bonds. The van der Waals surface area contributed by atoms with E-state index in [9.17, 15) is 4.79 Å². The fraction of sp³-hybridized carbons (Fsp3) is 0.567. The number of amides is 1. The van der Waals surface area contributed by atoms with Crippen LogP contribution < -0.4 is 4.90 Å². The smallest absolute Gasteiger partial charge is 0.245 e. The third-order valence-corrected chi connectivity index (χ3v) is 10.9. The SMILES string of the molecule is C=CC(=O)N1CC2(CC(n3nc(N4CCN(CCOC)CC45CCC5)c(-c4c(Cl)c(Cl)cc5[nH]ncc45)c3C)C2)C1. The van der Waals surface area contributed by atoms with Crippen molar-refractivity contribution in [3.63, 3.8) is 0 Å². The van der Waals surface area contributed by atoms with Gasteiger partial charge in [0.25, 0.3) is 0 Å². The molecule has 2 saturated carbocycles. The lowest BCUT2D eigenvalue weighted by Gasteiger charge is -2.59. The third-order valence-electron chi connectivity index (χ3n) is 10.1. The van der Waals surface area contributed by atoms with Gasteiger partial charge in [-0.1, -0.05) is 29.8 Å². The average Bonchev–Trinajstić information content (AvgIpc) is 3.49. The van der Waals surface area contributed by atoms with Gasteiger partial charge in [0.15, 0.2) is 5.82 Å². The first-order valence-electron chi connectivity index (χ1n) is 14.6. The predicted molar refractivity (Wildman–Crippen MR) is 162 cm³/mol. The Hall–Kier alpha value is -2.59. The Morgan fingerprint density at radius 3 is 2.68 bits per heavy atom. The molecule has 2 saturated heterocycles. The number of aromatic amines is 1.